The van der Waals surface area contributed by atoms with Gasteiger partial charge in [0, 0.05) is 32.1 Å². The second-order valence-electron chi connectivity index (χ2n) is 7.58. The molecule has 0 radical (unpaired) electrons. The molecule has 0 saturated heterocycles. The number of halogens is 2. The molecule has 168 valence electrons. The number of carbonyl (C=O) groups is 2. The van der Waals surface area contributed by atoms with Gasteiger partial charge in [0.2, 0.25) is 0 Å². The molecule has 32 heavy (non-hydrogen) atoms. The van der Waals surface area contributed by atoms with Gasteiger partial charge in [-0.15, -0.1) is 11.3 Å². The second-order valence-corrected chi connectivity index (χ2v) is 9.30. The van der Waals surface area contributed by atoms with Gasteiger partial charge in [-0.25, -0.2) is 4.79 Å². The molecule has 0 unspecified atom stereocenters. The minimum Gasteiger partial charge on any atom is -0.491 e. The van der Waals surface area contributed by atoms with Gasteiger partial charge in [0.15, 0.2) is 0 Å². The number of ether oxygens (including phenoxy) is 2. The summed E-state index contributed by atoms with van der Waals surface area (Å²) in [5.74, 6) is -0.324. The third kappa shape index (κ3) is 5.82. The smallest absolute Gasteiger partial charge is 0.342 e. The Morgan fingerprint density at radius 2 is 1.72 bits per heavy atom. The van der Waals surface area contributed by atoms with Gasteiger partial charge in [-0.2, -0.15) is 0 Å². The zero-order valence-corrected chi connectivity index (χ0v) is 20.4. The maximum atomic E-state index is 13.0. The standard InChI is InChI=1S/C24H23Cl2NO4S/c1-13(2)30-17-7-5-6-15(10-17)22(28)27-23-21(24(29)31-14(3)4)19(12-32-23)18-9-8-16(25)11-20(18)26/h5-14H,1-4H3,(H,27,28). The Morgan fingerprint density at radius 1 is 0.969 bits per heavy atom. The van der Waals surface area contributed by atoms with Crippen molar-refractivity contribution in [1.82, 2.24) is 0 Å². The van der Waals surface area contributed by atoms with Gasteiger partial charge in [-0.3, -0.25) is 4.79 Å². The molecule has 0 saturated carbocycles. The number of hydrogen-bond acceptors (Lipinski definition) is 5. The summed E-state index contributed by atoms with van der Waals surface area (Å²) in [5, 5.41) is 5.85. The summed E-state index contributed by atoms with van der Waals surface area (Å²) >= 11 is 13.6. The third-order valence-corrected chi connectivity index (χ3v) is 5.70. The summed E-state index contributed by atoms with van der Waals surface area (Å²) in [7, 11) is 0. The molecule has 0 atom stereocenters. The quantitative estimate of drug-likeness (QED) is 0.351. The number of benzene rings is 2. The lowest BCUT2D eigenvalue weighted by molar-refractivity contribution is 0.0380. The van der Waals surface area contributed by atoms with E-state index < -0.39 is 5.97 Å². The molecule has 1 N–H and O–H groups in total. The molecule has 0 spiro atoms. The van der Waals surface area contributed by atoms with Crippen molar-refractivity contribution in [3.8, 4) is 16.9 Å². The van der Waals surface area contributed by atoms with E-state index in [2.05, 4.69) is 5.32 Å². The highest BCUT2D eigenvalue weighted by Gasteiger charge is 2.25. The molecule has 2 aromatic carbocycles. The predicted molar refractivity (Wildman–Crippen MR) is 130 cm³/mol. The van der Waals surface area contributed by atoms with Crippen molar-refractivity contribution in [2.75, 3.05) is 5.32 Å². The molecular weight excluding hydrogens is 469 g/mol. The van der Waals surface area contributed by atoms with Gasteiger partial charge in [0.05, 0.1) is 12.2 Å². The van der Waals surface area contributed by atoms with E-state index in [0.717, 1.165) is 0 Å². The number of nitrogens with one attached hydrogen (secondary N) is 1. The van der Waals surface area contributed by atoms with Crippen molar-refractivity contribution >= 4 is 51.4 Å². The van der Waals surface area contributed by atoms with Crippen molar-refractivity contribution in [2.24, 2.45) is 0 Å². The largest absolute Gasteiger partial charge is 0.491 e. The van der Waals surface area contributed by atoms with Crippen molar-refractivity contribution < 1.29 is 19.1 Å². The Hall–Kier alpha value is -2.54. The predicted octanol–water partition coefficient (Wildman–Crippen LogP) is 7.33. The van der Waals surface area contributed by atoms with Gasteiger partial charge < -0.3 is 14.8 Å². The van der Waals surface area contributed by atoms with Gasteiger partial charge in [0.25, 0.3) is 5.91 Å². The van der Waals surface area contributed by atoms with Crippen LogP contribution < -0.4 is 10.1 Å². The maximum Gasteiger partial charge on any atom is 0.342 e. The SMILES string of the molecule is CC(C)OC(=O)c1c(-c2ccc(Cl)cc2Cl)csc1NC(=O)c1cccc(OC(C)C)c1. The fourth-order valence-corrected chi connectivity index (χ4v) is 4.44. The lowest BCUT2D eigenvalue weighted by Crippen LogP contribution is -2.17. The van der Waals surface area contributed by atoms with E-state index in [-0.39, 0.29) is 23.7 Å². The lowest BCUT2D eigenvalue weighted by atomic mass is 10.0. The lowest BCUT2D eigenvalue weighted by Gasteiger charge is -2.13. The second kappa shape index (κ2) is 10.4. The number of carbonyl (C=O) groups excluding carboxylic acids is 2. The monoisotopic (exact) mass is 491 g/mol. The summed E-state index contributed by atoms with van der Waals surface area (Å²) in [6, 6.07) is 11.9. The molecular formula is C24H23Cl2NO4S. The first-order valence-electron chi connectivity index (χ1n) is 10.0. The number of esters is 1. The van der Waals surface area contributed by atoms with E-state index in [9.17, 15) is 9.59 Å². The van der Waals surface area contributed by atoms with Crippen LogP contribution in [0.4, 0.5) is 5.00 Å². The molecule has 1 aromatic heterocycles. The molecule has 0 aliphatic rings. The van der Waals surface area contributed by atoms with Crippen LogP contribution in [0, 0.1) is 0 Å². The van der Waals surface area contributed by atoms with Crippen LogP contribution >= 0.6 is 34.5 Å². The van der Waals surface area contributed by atoms with Crippen LogP contribution in [0.1, 0.15) is 48.4 Å². The van der Waals surface area contributed by atoms with Gasteiger partial charge >= 0.3 is 5.97 Å². The molecule has 0 fully saturated rings. The fraction of sp³-hybridized carbons (Fsp3) is 0.250. The molecule has 1 amide bonds. The molecule has 8 heteroatoms. The van der Waals surface area contributed by atoms with Crippen molar-refractivity contribution in [3.05, 3.63) is 69.0 Å². The van der Waals surface area contributed by atoms with Gasteiger partial charge in [-0.1, -0.05) is 35.3 Å². The highest BCUT2D eigenvalue weighted by atomic mass is 35.5. The number of anilines is 1. The summed E-state index contributed by atoms with van der Waals surface area (Å²) in [5.41, 5.74) is 1.84. The van der Waals surface area contributed by atoms with E-state index >= 15 is 0 Å². The maximum absolute atomic E-state index is 13.0. The molecule has 3 aromatic rings. The Balaban J connectivity index is 1.98. The summed E-state index contributed by atoms with van der Waals surface area (Å²) in [6.45, 7) is 7.35. The first-order valence-corrected chi connectivity index (χ1v) is 11.6. The molecule has 0 aliphatic carbocycles. The number of hydrogen-bond donors (Lipinski definition) is 1. The normalized spacial score (nSPS) is 11.0. The molecule has 5 nitrogen and oxygen atoms in total. The first kappa shape index (κ1) is 24.1. The van der Waals surface area contributed by atoms with E-state index in [1.54, 1.807) is 61.7 Å². The van der Waals surface area contributed by atoms with Crippen LogP contribution in [0.15, 0.2) is 47.8 Å². The van der Waals surface area contributed by atoms with E-state index in [1.807, 2.05) is 13.8 Å². The summed E-state index contributed by atoms with van der Waals surface area (Å²) in [4.78, 5) is 25.9. The molecule has 3 rings (SSSR count). The third-order valence-electron chi connectivity index (χ3n) is 4.25. The Morgan fingerprint density at radius 3 is 2.38 bits per heavy atom. The summed E-state index contributed by atoms with van der Waals surface area (Å²) in [6.07, 6.45) is -0.348. The Labute approximate surface area is 201 Å². The van der Waals surface area contributed by atoms with Gasteiger partial charge in [0.1, 0.15) is 16.3 Å². The molecule has 1 heterocycles. The van der Waals surface area contributed by atoms with E-state index in [1.165, 1.54) is 11.3 Å². The first-order chi connectivity index (χ1) is 15.2. The van der Waals surface area contributed by atoms with Crippen LogP contribution in [0.25, 0.3) is 11.1 Å². The minimum atomic E-state index is -0.547. The topological polar surface area (TPSA) is 64.6 Å². The minimum absolute atomic E-state index is 0.0188. The van der Waals surface area contributed by atoms with Crippen molar-refractivity contribution in [3.63, 3.8) is 0 Å². The van der Waals surface area contributed by atoms with Crippen molar-refractivity contribution in [2.45, 2.75) is 39.9 Å². The average Bonchev–Trinajstić information content (AvgIpc) is 3.10. The van der Waals surface area contributed by atoms with Crippen molar-refractivity contribution in [1.29, 1.82) is 0 Å². The average molecular weight is 492 g/mol. The number of rotatable bonds is 7. The van der Waals surface area contributed by atoms with Gasteiger partial charge in [-0.05, 0) is 58.0 Å². The molecule has 0 aliphatic heterocycles. The van der Waals surface area contributed by atoms with Crippen LogP contribution in [-0.4, -0.2) is 24.1 Å². The molecule has 0 bridgehead atoms. The highest BCUT2D eigenvalue weighted by molar-refractivity contribution is 7.15. The van der Waals surface area contributed by atoms with Crippen LogP contribution in [0.3, 0.4) is 0 Å². The fourth-order valence-electron chi connectivity index (χ4n) is 2.99. The number of thiophene rings is 1. The summed E-state index contributed by atoms with van der Waals surface area (Å²) < 4.78 is 11.1. The number of amides is 1. The Bertz CT molecular complexity index is 1140. The Kier molecular flexibility index (Phi) is 7.82. The highest BCUT2D eigenvalue weighted by Crippen LogP contribution is 2.40. The van der Waals surface area contributed by atoms with Crippen LogP contribution in [-0.2, 0) is 4.74 Å². The zero-order valence-electron chi connectivity index (χ0n) is 18.1. The van der Waals surface area contributed by atoms with Crippen LogP contribution in [0.2, 0.25) is 10.0 Å². The van der Waals surface area contributed by atoms with E-state index in [0.29, 0.717) is 37.5 Å². The van der Waals surface area contributed by atoms with E-state index in [4.69, 9.17) is 32.7 Å². The zero-order chi connectivity index (χ0) is 23.4. The van der Waals surface area contributed by atoms with Crippen LogP contribution in [0.5, 0.6) is 5.75 Å².